The molecule has 0 saturated carbocycles. The van der Waals surface area contributed by atoms with E-state index in [4.69, 9.17) is 10.5 Å². The molecule has 0 bridgehead atoms. The number of rotatable bonds is 5. The minimum atomic E-state index is -3.16. The standard InChI is InChI=1S/C13H13F2N3O3/c1-8-4-10-9(5-11(8)18(19)20)12(2-3-17-10)21-7-13(14,15)6-16/h2-5H,6-7,16H2,1H3. The molecule has 2 N–H and O–H groups in total. The third-order valence-corrected chi connectivity index (χ3v) is 2.95. The van der Waals surface area contributed by atoms with Gasteiger partial charge in [0, 0.05) is 23.2 Å². The summed E-state index contributed by atoms with van der Waals surface area (Å²) in [5.41, 5.74) is 5.69. The number of ether oxygens (including phenoxy) is 1. The minimum Gasteiger partial charge on any atom is -0.486 e. The lowest BCUT2D eigenvalue weighted by Gasteiger charge is -2.15. The van der Waals surface area contributed by atoms with E-state index < -0.39 is 24.0 Å². The summed E-state index contributed by atoms with van der Waals surface area (Å²) in [5, 5.41) is 11.3. The van der Waals surface area contributed by atoms with Crippen LogP contribution in [-0.2, 0) is 0 Å². The number of aryl methyl sites for hydroxylation is 1. The molecule has 0 amide bonds. The van der Waals surface area contributed by atoms with Crippen molar-refractivity contribution in [3.05, 3.63) is 40.1 Å². The molecule has 6 nitrogen and oxygen atoms in total. The van der Waals surface area contributed by atoms with Gasteiger partial charge in [-0.25, -0.2) is 8.78 Å². The van der Waals surface area contributed by atoms with Crippen LogP contribution >= 0.6 is 0 Å². The molecule has 0 atom stereocenters. The number of nitro benzene ring substituents is 1. The summed E-state index contributed by atoms with van der Waals surface area (Å²) in [5.74, 6) is -3.05. The first-order valence-corrected chi connectivity index (χ1v) is 6.08. The second kappa shape index (κ2) is 5.57. The fourth-order valence-electron chi connectivity index (χ4n) is 1.83. The average molecular weight is 297 g/mol. The van der Waals surface area contributed by atoms with Crippen molar-refractivity contribution in [2.24, 2.45) is 5.73 Å². The van der Waals surface area contributed by atoms with Crippen molar-refractivity contribution in [2.45, 2.75) is 12.8 Å². The van der Waals surface area contributed by atoms with Crippen LogP contribution < -0.4 is 10.5 Å². The fraction of sp³-hybridized carbons (Fsp3) is 0.308. The van der Waals surface area contributed by atoms with E-state index in [2.05, 4.69) is 4.98 Å². The second-order valence-corrected chi connectivity index (χ2v) is 4.57. The van der Waals surface area contributed by atoms with E-state index in [1.165, 1.54) is 24.4 Å². The third kappa shape index (κ3) is 3.22. The van der Waals surface area contributed by atoms with Crippen LogP contribution in [0.15, 0.2) is 24.4 Å². The summed E-state index contributed by atoms with van der Waals surface area (Å²) in [4.78, 5) is 14.5. The van der Waals surface area contributed by atoms with Gasteiger partial charge in [0.25, 0.3) is 11.6 Å². The Morgan fingerprint density at radius 2 is 2.19 bits per heavy atom. The van der Waals surface area contributed by atoms with Crippen LogP contribution in [0.4, 0.5) is 14.5 Å². The molecule has 0 fully saturated rings. The summed E-state index contributed by atoms with van der Waals surface area (Å²) in [7, 11) is 0. The van der Waals surface area contributed by atoms with Gasteiger partial charge in [0.05, 0.1) is 17.0 Å². The first-order valence-electron chi connectivity index (χ1n) is 6.08. The van der Waals surface area contributed by atoms with Gasteiger partial charge in [-0.05, 0) is 19.1 Å². The van der Waals surface area contributed by atoms with Crippen molar-refractivity contribution in [1.82, 2.24) is 4.98 Å². The molecule has 0 unspecified atom stereocenters. The number of halogens is 2. The largest absolute Gasteiger partial charge is 0.486 e. The molecule has 8 heteroatoms. The molecule has 0 aliphatic carbocycles. The summed E-state index contributed by atoms with van der Waals surface area (Å²) in [6, 6.07) is 4.17. The molecule has 0 aliphatic rings. The zero-order valence-electron chi connectivity index (χ0n) is 11.2. The van der Waals surface area contributed by atoms with E-state index in [9.17, 15) is 18.9 Å². The van der Waals surface area contributed by atoms with Gasteiger partial charge in [0.15, 0.2) is 6.61 Å². The SMILES string of the molecule is Cc1cc2nccc(OCC(F)(F)CN)c2cc1[N+](=O)[O-]. The monoisotopic (exact) mass is 297 g/mol. The van der Waals surface area contributed by atoms with Crippen molar-refractivity contribution in [3.63, 3.8) is 0 Å². The summed E-state index contributed by atoms with van der Waals surface area (Å²) >= 11 is 0. The van der Waals surface area contributed by atoms with Gasteiger partial charge in [-0.15, -0.1) is 0 Å². The highest BCUT2D eigenvalue weighted by molar-refractivity contribution is 5.88. The summed E-state index contributed by atoms with van der Waals surface area (Å²) in [6.45, 7) is -0.158. The van der Waals surface area contributed by atoms with Crippen LogP contribution in [0.2, 0.25) is 0 Å². The highest BCUT2D eigenvalue weighted by Gasteiger charge is 2.28. The number of hydrogen-bond donors (Lipinski definition) is 1. The first-order chi connectivity index (χ1) is 9.84. The molecule has 2 rings (SSSR count). The van der Waals surface area contributed by atoms with Gasteiger partial charge in [-0.1, -0.05) is 0 Å². The Balaban J connectivity index is 2.44. The van der Waals surface area contributed by atoms with Crippen molar-refractivity contribution in [1.29, 1.82) is 0 Å². The Morgan fingerprint density at radius 3 is 2.81 bits per heavy atom. The maximum absolute atomic E-state index is 13.1. The van der Waals surface area contributed by atoms with Crippen LogP contribution in [-0.4, -0.2) is 29.0 Å². The number of nitrogens with zero attached hydrogens (tertiary/aromatic N) is 2. The van der Waals surface area contributed by atoms with Gasteiger partial charge < -0.3 is 10.5 Å². The normalized spacial score (nSPS) is 11.6. The summed E-state index contributed by atoms with van der Waals surface area (Å²) < 4.78 is 31.3. The van der Waals surface area contributed by atoms with Crippen LogP contribution in [0, 0.1) is 17.0 Å². The lowest BCUT2D eigenvalue weighted by molar-refractivity contribution is -0.385. The minimum absolute atomic E-state index is 0.108. The molecule has 1 heterocycles. The highest BCUT2D eigenvalue weighted by Crippen LogP contribution is 2.31. The second-order valence-electron chi connectivity index (χ2n) is 4.57. The lowest BCUT2D eigenvalue weighted by Crippen LogP contribution is -2.34. The van der Waals surface area contributed by atoms with Gasteiger partial charge in [0.1, 0.15) is 5.75 Å². The molecule has 1 aromatic heterocycles. The van der Waals surface area contributed by atoms with Gasteiger partial charge in [-0.2, -0.15) is 0 Å². The zero-order chi connectivity index (χ0) is 15.6. The Hall–Kier alpha value is -2.35. The Kier molecular flexibility index (Phi) is 3.99. The average Bonchev–Trinajstić information content (AvgIpc) is 2.44. The molecule has 112 valence electrons. The molecule has 0 radical (unpaired) electrons. The Morgan fingerprint density at radius 1 is 1.48 bits per heavy atom. The molecule has 0 saturated heterocycles. The van der Waals surface area contributed by atoms with Crippen molar-refractivity contribution >= 4 is 16.6 Å². The van der Waals surface area contributed by atoms with Gasteiger partial charge >= 0.3 is 0 Å². The Labute approximate surface area is 118 Å². The molecule has 21 heavy (non-hydrogen) atoms. The van der Waals surface area contributed by atoms with E-state index in [1.54, 1.807) is 6.92 Å². The topological polar surface area (TPSA) is 91.3 Å². The molecule has 2 aromatic rings. The van der Waals surface area contributed by atoms with Crippen molar-refractivity contribution in [3.8, 4) is 5.75 Å². The molecular formula is C13H13F2N3O3. The fourth-order valence-corrected chi connectivity index (χ4v) is 1.83. The van der Waals surface area contributed by atoms with E-state index in [1.807, 2.05) is 0 Å². The van der Waals surface area contributed by atoms with Crippen molar-refractivity contribution in [2.75, 3.05) is 13.2 Å². The van der Waals surface area contributed by atoms with Crippen LogP contribution in [0.1, 0.15) is 5.56 Å². The Bertz CT molecular complexity index is 692. The summed E-state index contributed by atoms with van der Waals surface area (Å²) in [6.07, 6.45) is 1.39. The van der Waals surface area contributed by atoms with E-state index in [0.29, 0.717) is 16.5 Å². The number of fused-ring (bicyclic) bond motifs is 1. The van der Waals surface area contributed by atoms with Crippen LogP contribution in [0.25, 0.3) is 10.9 Å². The molecule has 1 aromatic carbocycles. The van der Waals surface area contributed by atoms with E-state index >= 15 is 0 Å². The molecule has 0 aliphatic heterocycles. The van der Waals surface area contributed by atoms with Crippen molar-refractivity contribution < 1.29 is 18.4 Å². The third-order valence-electron chi connectivity index (χ3n) is 2.95. The molecular weight excluding hydrogens is 284 g/mol. The van der Waals surface area contributed by atoms with Crippen LogP contribution in [0.3, 0.4) is 0 Å². The number of nitrogens with two attached hydrogens (primary N) is 1. The zero-order valence-corrected chi connectivity index (χ0v) is 11.2. The van der Waals surface area contributed by atoms with E-state index in [0.717, 1.165) is 0 Å². The van der Waals surface area contributed by atoms with Gasteiger partial charge in [-0.3, -0.25) is 15.1 Å². The quantitative estimate of drug-likeness (QED) is 0.676. The van der Waals surface area contributed by atoms with E-state index in [-0.39, 0.29) is 11.4 Å². The number of benzene rings is 1. The smallest absolute Gasteiger partial charge is 0.293 e. The first kappa shape index (κ1) is 15.0. The number of hydrogen-bond acceptors (Lipinski definition) is 5. The van der Waals surface area contributed by atoms with Crippen LogP contribution in [0.5, 0.6) is 5.75 Å². The predicted octanol–water partition coefficient (Wildman–Crippen LogP) is 2.42. The number of alkyl halides is 2. The van der Waals surface area contributed by atoms with Gasteiger partial charge in [0.2, 0.25) is 0 Å². The lowest BCUT2D eigenvalue weighted by atomic mass is 10.1. The number of nitro groups is 1. The predicted molar refractivity (Wildman–Crippen MR) is 72.6 cm³/mol. The number of pyridine rings is 1. The maximum atomic E-state index is 13.1. The number of aromatic nitrogens is 1. The maximum Gasteiger partial charge on any atom is 0.293 e. The highest BCUT2D eigenvalue weighted by atomic mass is 19.3. The molecule has 0 spiro atoms.